The van der Waals surface area contributed by atoms with Crippen LogP contribution in [0.15, 0.2) is 84.0 Å². The molecule has 11 nitrogen and oxygen atoms in total. The van der Waals surface area contributed by atoms with Crippen molar-refractivity contribution in [2.75, 3.05) is 0 Å². The fraction of sp³-hybridized carbons (Fsp3) is 0. The van der Waals surface area contributed by atoms with E-state index in [9.17, 15) is 25.0 Å². The molecule has 5 rings (SSSR count). The molecule has 176 valence electrons. The molecule has 0 saturated carbocycles. The van der Waals surface area contributed by atoms with E-state index in [1.807, 2.05) is 24.3 Å². The van der Waals surface area contributed by atoms with Crippen LogP contribution in [0, 0.1) is 20.2 Å². The number of aromatic nitrogens is 2. The van der Waals surface area contributed by atoms with Crippen LogP contribution in [0.25, 0.3) is 33.1 Å². The number of rotatable bonds is 6. The molecule has 0 atom stereocenters. The number of benzene rings is 3. The second-order valence-corrected chi connectivity index (χ2v) is 7.80. The van der Waals surface area contributed by atoms with Gasteiger partial charge in [0.15, 0.2) is 0 Å². The average Bonchev–Trinajstić information content (AvgIpc) is 3.27. The van der Waals surface area contributed by atoms with Crippen LogP contribution in [0.3, 0.4) is 0 Å². The van der Waals surface area contributed by atoms with Crippen molar-refractivity contribution in [3.8, 4) is 11.3 Å². The third-order valence-corrected chi connectivity index (χ3v) is 5.56. The number of carbonyl (C=O) groups is 1. The van der Waals surface area contributed by atoms with Crippen molar-refractivity contribution in [1.29, 1.82) is 0 Å². The summed E-state index contributed by atoms with van der Waals surface area (Å²) < 4.78 is 0. The minimum Gasteiger partial charge on any atom is -0.353 e. The monoisotopic (exact) mass is 480 g/mol. The van der Waals surface area contributed by atoms with Crippen LogP contribution in [-0.2, 0) is 0 Å². The fourth-order valence-corrected chi connectivity index (χ4v) is 3.82. The van der Waals surface area contributed by atoms with Crippen LogP contribution in [0.1, 0.15) is 16.1 Å². The maximum absolute atomic E-state index is 12.9. The molecule has 1 amide bonds. The molecule has 0 aliphatic heterocycles. The molecule has 36 heavy (non-hydrogen) atoms. The standard InChI is InChI=1S/C25H16N6O5/c32-25(29-26-14-15-5-9-17(10-6-15)30(33)34)22-13-20-19-3-1-2-4-21(19)27-24(20)23(28-22)16-7-11-18(12-8-16)31(35)36/h1-14,27H,(H,29,32)/b26-14+. The maximum atomic E-state index is 12.9. The van der Waals surface area contributed by atoms with E-state index >= 15 is 0 Å². The summed E-state index contributed by atoms with van der Waals surface area (Å²) in [4.78, 5) is 41.6. The Bertz CT molecular complexity index is 1670. The Morgan fingerprint density at radius 2 is 1.53 bits per heavy atom. The number of nitro groups is 2. The van der Waals surface area contributed by atoms with Crippen molar-refractivity contribution in [1.82, 2.24) is 15.4 Å². The number of H-pyrrole nitrogens is 1. The zero-order valence-electron chi connectivity index (χ0n) is 18.4. The second-order valence-electron chi connectivity index (χ2n) is 7.80. The molecule has 0 spiro atoms. The Morgan fingerprint density at radius 1 is 0.889 bits per heavy atom. The van der Waals surface area contributed by atoms with Crippen LogP contribution in [0.2, 0.25) is 0 Å². The number of non-ortho nitro benzene ring substituents is 2. The summed E-state index contributed by atoms with van der Waals surface area (Å²) >= 11 is 0. The first-order valence-corrected chi connectivity index (χ1v) is 10.6. The number of fused-ring (bicyclic) bond motifs is 3. The highest BCUT2D eigenvalue weighted by Gasteiger charge is 2.17. The summed E-state index contributed by atoms with van der Waals surface area (Å²) in [5.41, 5.74) is 5.59. The minimum absolute atomic E-state index is 0.0498. The van der Waals surface area contributed by atoms with Gasteiger partial charge in [-0.25, -0.2) is 10.4 Å². The molecule has 0 bridgehead atoms. The van der Waals surface area contributed by atoms with Crippen molar-refractivity contribution in [2.24, 2.45) is 5.10 Å². The molecule has 0 fully saturated rings. The molecule has 3 aromatic carbocycles. The summed E-state index contributed by atoms with van der Waals surface area (Å²) in [5.74, 6) is -0.566. The molecule has 5 aromatic rings. The Balaban J connectivity index is 1.51. The summed E-state index contributed by atoms with van der Waals surface area (Å²) in [6, 6.07) is 20.9. The summed E-state index contributed by atoms with van der Waals surface area (Å²) in [6.45, 7) is 0. The second kappa shape index (κ2) is 9.06. The van der Waals surface area contributed by atoms with Gasteiger partial charge >= 0.3 is 0 Å². The summed E-state index contributed by atoms with van der Waals surface area (Å²) in [5, 5.41) is 27.4. The predicted octanol–water partition coefficient (Wildman–Crippen LogP) is 4.96. The van der Waals surface area contributed by atoms with E-state index in [2.05, 4.69) is 20.5 Å². The molecule has 11 heteroatoms. The normalized spacial score (nSPS) is 11.2. The van der Waals surface area contributed by atoms with Gasteiger partial charge in [-0.2, -0.15) is 5.10 Å². The van der Waals surface area contributed by atoms with E-state index in [4.69, 9.17) is 0 Å². The van der Waals surface area contributed by atoms with Crippen LogP contribution >= 0.6 is 0 Å². The SMILES string of the molecule is O=C(N/N=C/c1ccc([N+](=O)[O-])cc1)c1cc2c([nH]c3ccccc32)c(-c2ccc([N+](=O)[O-])cc2)n1. The summed E-state index contributed by atoms with van der Waals surface area (Å²) in [7, 11) is 0. The lowest BCUT2D eigenvalue weighted by Gasteiger charge is -2.07. The highest BCUT2D eigenvalue weighted by atomic mass is 16.6. The molecule has 0 aliphatic carbocycles. The number of hydrazone groups is 1. The largest absolute Gasteiger partial charge is 0.353 e. The smallest absolute Gasteiger partial charge is 0.289 e. The zero-order valence-corrected chi connectivity index (χ0v) is 18.4. The molecular formula is C25H16N6O5. The van der Waals surface area contributed by atoms with E-state index in [1.165, 1.54) is 42.6 Å². The van der Waals surface area contributed by atoms with Crippen molar-refractivity contribution in [3.63, 3.8) is 0 Å². The zero-order chi connectivity index (χ0) is 25.2. The number of nitrogens with one attached hydrogen (secondary N) is 2. The molecule has 2 aromatic heterocycles. The Morgan fingerprint density at radius 3 is 2.19 bits per heavy atom. The van der Waals surface area contributed by atoms with Gasteiger partial charge in [0.05, 0.1) is 27.3 Å². The maximum Gasteiger partial charge on any atom is 0.289 e. The van der Waals surface area contributed by atoms with Crippen LogP contribution in [0.5, 0.6) is 0 Å². The molecule has 0 unspecified atom stereocenters. The van der Waals surface area contributed by atoms with E-state index in [0.29, 0.717) is 22.3 Å². The third-order valence-electron chi connectivity index (χ3n) is 5.56. The first-order chi connectivity index (χ1) is 17.4. The minimum atomic E-state index is -0.566. The average molecular weight is 480 g/mol. The number of pyridine rings is 1. The van der Waals surface area contributed by atoms with Gasteiger partial charge in [-0.15, -0.1) is 0 Å². The Kier molecular flexibility index (Phi) is 5.63. The van der Waals surface area contributed by atoms with E-state index in [1.54, 1.807) is 18.2 Å². The molecule has 0 aliphatic rings. The topological polar surface area (TPSA) is 156 Å². The number of nitro benzene ring substituents is 2. The first kappa shape index (κ1) is 22.3. The lowest BCUT2D eigenvalue weighted by Crippen LogP contribution is -2.19. The van der Waals surface area contributed by atoms with Gasteiger partial charge in [0.25, 0.3) is 17.3 Å². The van der Waals surface area contributed by atoms with Gasteiger partial charge in [0, 0.05) is 46.1 Å². The van der Waals surface area contributed by atoms with E-state index in [0.717, 1.165) is 16.3 Å². The molecular weight excluding hydrogens is 464 g/mol. The van der Waals surface area contributed by atoms with Crippen LogP contribution in [-0.4, -0.2) is 31.9 Å². The number of aromatic amines is 1. The molecule has 2 heterocycles. The predicted molar refractivity (Wildman–Crippen MR) is 134 cm³/mol. The molecule has 0 radical (unpaired) electrons. The van der Waals surface area contributed by atoms with Gasteiger partial charge in [-0.3, -0.25) is 25.0 Å². The van der Waals surface area contributed by atoms with Gasteiger partial charge < -0.3 is 4.98 Å². The van der Waals surface area contributed by atoms with Crippen molar-refractivity contribution in [2.45, 2.75) is 0 Å². The van der Waals surface area contributed by atoms with Gasteiger partial charge in [0.1, 0.15) is 5.69 Å². The van der Waals surface area contributed by atoms with Gasteiger partial charge in [0.2, 0.25) is 0 Å². The highest BCUT2D eigenvalue weighted by molar-refractivity contribution is 6.13. The number of hydrogen-bond acceptors (Lipinski definition) is 7. The Hall–Kier alpha value is -5.45. The van der Waals surface area contributed by atoms with Crippen molar-refractivity contribution >= 4 is 45.3 Å². The first-order valence-electron chi connectivity index (χ1n) is 10.6. The fourth-order valence-electron chi connectivity index (χ4n) is 3.82. The summed E-state index contributed by atoms with van der Waals surface area (Å²) in [6.07, 6.45) is 1.36. The lowest BCUT2D eigenvalue weighted by atomic mass is 10.1. The Labute approximate surface area is 202 Å². The highest BCUT2D eigenvalue weighted by Crippen LogP contribution is 2.33. The number of nitrogens with zero attached hydrogens (tertiary/aromatic N) is 4. The van der Waals surface area contributed by atoms with Crippen molar-refractivity contribution < 1.29 is 14.6 Å². The van der Waals surface area contributed by atoms with E-state index < -0.39 is 15.8 Å². The third kappa shape index (κ3) is 4.23. The molecule has 0 saturated heterocycles. The van der Waals surface area contributed by atoms with Gasteiger partial charge in [-0.05, 0) is 42.0 Å². The number of hydrogen-bond donors (Lipinski definition) is 2. The lowest BCUT2D eigenvalue weighted by molar-refractivity contribution is -0.385. The number of carbonyl (C=O) groups excluding carboxylic acids is 1. The van der Waals surface area contributed by atoms with Crippen LogP contribution in [0.4, 0.5) is 11.4 Å². The van der Waals surface area contributed by atoms with E-state index in [-0.39, 0.29) is 17.1 Å². The van der Waals surface area contributed by atoms with Crippen molar-refractivity contribution in [3.05, 3.63) is 110 Å². The quantitative estimate of drug-likeness (QED) is 0.199. The number of para-hydroxylation sites is 1. The van der Waals surface area contributed by atoms with Crippen LogP contribution < -0.4 is 5.43 Å². The number of amides is 1. The van der Waals surface area contributed by atoms with Gasteiger partial charge in [-0.1, -0.05) is 18.2 Å². The molecule has 2 N–H and O–H groups in total.